The molecule has 7 nitrogen and oxygen atoms in total. The average Bonchev–Trinajstić information content (AvgIpc) is 3.43. The molecule has 1 amide bonds. The second kappa shape index (κ2) is 5.45. The van der Waals surface area contributed by atoms with E-state index in [1.807, 2.05) is 12.1 Å². The van der Waals surface area contributed by atoms with E-state index >= 15 is 0 Å². The maximum atomic E-state index is 12.5. The summed E-state index contributed by atoms with van der Waals surface area (Å²) in [6, 6.07) is 9.48. The van der Waals surface area contributed by atoms with Crippen LogP contribution in [-0.2, 0) is 18.4 Å². The number of fused-ring (bicyclic) bond motifs is 1. The van der Waals surface area contributed by atoms with Gasteiger partial charge >= 0.3 is 6.09 Å². The zero-order valence-corrected chi connectivity index (χ0v) is 13.5. The van der Waals surface area contributed by atoms with E-state index in [4.69, 9.17) is 10.4 Å². The lowest BCUT2D eigenvalue weighted by Crippen LogP contribution is -2.39. The van der Waals surface area contributed by atoms with Gasteiger partial charge in [0.1, 0.15) is 5.82 Å². The highest BCUT2D eigenvalue weighted by Gasteiger charge is 2.48. The molecule has 2 N–H and O–H groups in total. The first kappa shape index (κ1) is 15.4. The Hall–Kier alpha value is -3.14. The van der Waals surface area contributed by atoms with Crippen molar-refractivity contribution in [3.05, 3.63) is 62.8 Å². The number of nitriles is 1. The zero-order valence-electron chi connectivity index (χ0n) is 13.5. The number of nitrogens with zero attached hydrogens (tertiary/aromatic N) is 3. The molecule has 4 rings (SSSR count). The predicted octanol–water partition coefficient (Wildman–Crippen LogP) is 1.76. The number of nitrogens with one attached hydrogen (secondary N) is 1. The van der Waals surface area contributed by atoms with Gasteiger partial charge in [0.2, 0.25) is 0 Å². The molecule has 1 fully saturated rings. The van der Waals surface area contributed by atoms with Gasteiger partial charge in [0.25, 0.3) is 5.56 Å². The Balaban J connectivity index is 1.72. The van der Waals surface area contributed by atoms with Gasteiger partial charge in [-0.15, -0.1) is 0 Å². The minimum absolute atomic E-state index is 0.0805. The van der Waals surface area contributed by atoms with E-state index in [9.17, 15) is 9.59 Å². The number of amides is 1. The van der Waals surface area contributed by atoms with Gasteiger partial charge in [0.15, 0.2) is 0 Å². The van der Waals surface area contributed by atoms with Crippen LogP contribution in [0, 0.1) is 11.3 Å². The highest BCUT2D eigenvalue weighted by Crippen LogP contribution is 2.52. The molecule has 25 heavy (non-hydrogen) atoms. The summed E-state index contributed by atoms with van der Waals surface area (Å²) in [4.78, 5) is 32.4. The molecule has 0 bridgehead atoms. The van der Waals surface area contributed by atoms with Crippen molar-refractivity contribution in [3.8, 4) is 6.07 Å². The zero-order chi connectivity index (χ0) is 17.6. The molecule has 2 aliphatic rings. The third kappa shape index (κ3) is 2.47. The van der Waals surface area contributed by atoms with Crippen molar-refractivity contribution in [2.75, 3.05) is 6.54 Å². The van der Waals surface area contributed by atoms with Gasteiger partial charge in [0.05, 0.1) is 34.8 Å². The highest BCUT2D eigenvalue weighted by atomic mass is 16.4. The van der Waals surface area contributed by atoms with Gasteiger partial charge in [-0.05, 0) is 30.5 Å². The number of hydrogen-bond donors (Lipinski definition) is 2. The quantitative estimate of drug-likeness (QED) is 0.868. The smallest absolute Gasteiger partial charge is 0.407 e. The summed E-state index contributed by atoms with van der Waals surface area (Å²) in [5.41, 5.74) is 2.21. The summed E-state index contributed by atoms with van der Waals surface area (Å²) < 4.78 is 0. The molecule has 1 aromatic carbocycles. The van der Waals surface area contributed by atoms with E-state index in [1.165, 1.54) is 4.90 Å². The number of carboxylic acid groups (broad SMARTS) is 1. The fraction of sp³-hybridized carbons (Fsp3) is 0.333. The number of H-pyrrole nitrogens is 1. The van der Waals surface area contributed by atoms with Crippen LogP contribution in [-0.4, -0.2) is 32.6 Å². The normalized spacial score (nSPS) is 17.5. The molecule has 0 unspecified atom stereocenters. The number of benzene rings is 1. The molecule has 1 aliphatic heterocycles. The second-order valence-electron chi connectivity index (χ2n) is 6.57. The first-order chi connectivity index (χ1) is 12.0. The largest absolute Gasteiger partial charge is 0.465 e. The molecule has 126 valence electrons. The lowest BCUT2D eigenvalue weighted by Gasteiger charge is -2.26. The molecular weight excluding hydrogens is 320 g/mol. The second-order valence-corrected chi connectivity index (χ2v) is 6.57. The van der Waals surface area contributed by atoms with Gasteiger partial charge in [-0.3, -0.25) is 4.79 Å². The van der Waals surface area contributed by atoms with Crippen molar-refractivity contribution in [2.24, 2.45) is 0 Å². The molecule has 0 saturated heterocycles. The molecule has 0 radical (unpaired) electrons. The van der Waals surface area contributed by atoms with Crippen LogP contribution >= 0.6 is 0 Å². The molecule has 0 atom stereocenters. The number of aromatic nitrogens is 2. The van der Waals surface area contributed by atoms with Crippen LogP contribution in [0.2, 0.25) is 0 Å². The van der Waals surface area contributed by atoms with Crippen molar-refractivity contribution in [1.29, 1.82) is 5.26 Å². The minimum Gasteiger partial charge on any atom is -0.465 e. The SMILES string of the molecule is N#Cc1ccc(C2(c3nc4c(c(=O)[nH]3)CN(C(=O)O)CC4)CC2)cc1. The Kier molecular flexibility index (Phi) is 3.35. The van der Waals surface area contributed by atoms with Crippen LogP contribution in [0.4, 0.5) is 4.79 Å². The van der Waals surface area contributed by atoms with E-state index in [0.29, 0.717) is 35.6 Å². The fourth-order valence-corrected chi connectivity index (χ4v) is 3.47. The van der Waals surface area contributed by atoms with E-state index in [0.717, 1.165) is 18.4 Å². The van der Waals surface area contributed by atoms with Gasteiger partial charge in [-0.25, -0.2) is 9.78 Å². The topological polar surface area (TPSA) is 110 Å². The first-order valence-corrected chi connectivity index (χ1v) is 8.14. The monoisotopic (exact) mass is 336 g/mol. The van der Waals surface area contributed by atoms with E-state index in [1.54, 1.807) is 12.1 Å². The van der Waals surface area contributed by atoms with Crippen LogP contribution in [0.15, 0.2) is 29.1 Å². The standard InChI is InChI=1S/C18H16N4O3/c19-9-11-1-3-12(4-2-11)18(6-7-18)16-20-14-5-8-22(17(24)25)10-13(14)15(23)21-16/h1-4H,5-8,10H2,(H,24,25)(H,20,21,23). The van der Waals surface area contributed by atoms with Crippen molar-refractivity contribution in [3.63, 3.8) is 0 Å². The Bertz CT molecular complexity index is 952. The molecule has 7 heteroatoms. The van der Waals surface area contributed by atoms with Crippen molar-refractivity contribution in [2.45, 2.75) is 31.2 Å². The molecule has 2 heterocycles. The minimum atomic E-state index is -1.02. The highest BCUT2D eigenvalue weighted by molar-refractivity contribution is 5.65. The predicted molar refractivity (Wildman–Crippen MR) is 88.2 cm³/mol. The van der Waals surface area contributed by atoms with Crippen LogP contribution in [0.3, 0.4) is 0 Å². The van der Waals surface area contributed by atoms with Crippen molar-refractivity contribution >= 4 is 6.09 Å². The molecular formula is C18H16N4O3. The molecule has 1 aliphatic carbocycles. The maximum Gasteiger partial charge on any atom is 0.407 e. The number of rotatable bonds is 2. The van der Waals surface area contributed by atoms with Gasteiger partial charge < -0.3 is 15.0 Å². The van der Waals surface area contributed by atoms with Crippen molar-refractivity contribution < 1.29 is 9.90 Å². The molecule has 1 saturated carbocycles. The Morgan fingerprint density at radius 3 is 2.64 bits per heavy atom. The summed E-state index contributed by atoms with van der Waals surface area (Å²) >= 11 is 0. The lowest BCUT2D eigenvalue weighted by molar-refractivity contribution is 0.139. The van der Waals surface area contributed by atoms with Crippen LogP contribution in [0.1, 0.15) is 41.1 Å². The maximum absolute atomic E-state index is 12.5. The third-order valence-electron chi connectivity index (χ3n) is 5.11. The Labute approximate surface area is 143 Å². The van der Waals surface area contributed by atoms with Crippen LogP contribution in [0.25, 0.3) is 0 Å². The first-order valence-electron chi connectivity index (χ1n) is 8.14. The Morgan fingerprint density at radius 2 is 2.04 bits per heavy atom. The van der Waals surface area contributed by atoms with Crippen LogP contribution in [0.5, 0.6) is 0 Å². The summed E-state index contributed by atoms with van der Waals surface area (Å²) in [6.45, 7) is 0.430. The summed E-state index contributed by atoms with van der Waals surface area (Å²) in [5.74, 6) is 0.643. The van der Waals surface area contributed by atoms with Gasteiger partial charge in [-0.1, -0.05) is 12.1 Å². The average molecular weight is 336 g/mol. The lowest BCUT2D eigenvalue weighted by atomic mass is 9.93. The van der Waals surface area contributed by atoms with E-state index < -0.39 is 6.09 Å². The number of hydrogen-bond acceptors (Lipinski definition) is 4. The summed E-state index contributed by atoms with van der Waals surface area (Å²) in [5, 5.41) is 18.0. The Morgan fingerprint density at radius 1 is 1.32 bits per heavy atom. The fourth-order valence-electron chi connectivity index (χ4n) is 3.47. The van der Waals surface area contributed by atoms with Crippen LogP contribution < -0.4 is 5.56 Å². The van der Waals surface area contributed by atoms with E-state index in [2.05, 4.69) is 16.0 Å². The third-order valence-corrected chi connectivity index (χ3v) is 5.11. The van der Waals surface area contributed by atoms with Gasteiger partial charge in [0, 0.05) is 13.0 Å². The number of aromatic amines is 1. The van der Waals surface area contributed by atoms with Gasteiger partial charge in [-0.2, -0.15) is 5.26 Å². The summed E-state index contributed by atoms with van der Waals surface area (Å²) in [6.07, 6.45) is 1.21. The van der Waals surface area contributed by atoms with Crippen molar-refractivity contribution in [1.82, 2.24) is 14.9 Å². The van der Waals surface area contributed by atoms with E-state index in [-0.39, 0.29) is 17.5 Å². The summed E-state index contributed by atoms with van der Waals surface area (Å²) in [7, 11) is 0. The number of carbonyl (C=O) groups is 1. The molecule has 0 spiro atoms. The molecule has 1 aromatic heterocycles. The molecule has 2 aromatic rings.